The van der Waals surface area contributed by atoms with Crippen molar-refractivity contribution in [3.8, 4) is 5.75 Å². The van der Waals surface area contributed by atoms with E-state index in [1.165, 1.54) is 6.33 Å². The van der Waals surface area contributed by atoms with Gasteiger partial charge >= 0.3 is 0 Å². The van der Waals surface area contributed by atoms with E-state index >= 15 is 0 Å². The largest absolute Gasteiger partial charge is 0.496 e. The van der Waals surface area contributed by atoms with Crippen LogP contribution in [0.15, 0.2) is 30.9 Å². The van der Waals surface area contributed by atoms with Gasteiger partial charge in [0.2, 0.25) is 0 Å². The van der Waals surface area contributed by atoms with Gasteiger partial charge in [-0.05, 0) is 17.7 Å². The molecule has 17 heavy (non-hydrogen) atoms. The smallest absolute Gasteiger partial charge is 0.137 e. The number of nitrogen functional groups attached to an aromatic ring is 1. The van der Waals surface area contributed by atoms with Gasteiger partial charge in [0.25, 0.3) is 0 Å². The fourth-order valence-corrected chi connectivity index (χ4v) is 1.57. The Labute approximate surface area is 98.5 Å². The summed E-state index contributed by atoms with van der Waals surface area (Å²) < 4.78 is 6.84. The first-order chi connectivity index (χ1) is 8.20. The summed E-state index contributed by atoms with van der Waals surface area (Å²) in [6.07, 6.45) is 3.12. The van der Waals surface area contributed by atoms with Crippen LogP contribution < -0.4 is 10.5 Å². The number of nitrogens with two attached hydrogens (primary N) is 1. The molecule has 0 spiro atoms. The number of aromatic nitrogens is 3. The van der Waals surface area contributed by atoms with E-state index in [-0.39, 0.29) is 5.84 Å². The lowest BCUT2D eigenvalue weighted by molar-refractivity contribution is 0.413. The minimum absolute atomic E-state index is 0.0118. The van der Waals surface area contributed by atoms with Crippen LogP contribution >= 0.6 is 0 Å². The second-order valence-electron chi connectivity index (χ2n) is 3.54. The maximum Gasteiger partial charge on any atom is 0.137 e. The van der Waals surface area contributed by atoms with E-state index in [2.05, 4.69) is 10.1 Å². The van der Waals surface area contributed by atoms with Crippen molar-refractivity contribution in [3.05, 3.63) is 42.0 Å². The van der Waals surface area contributed by atoms with Crippen LogP contribution in [-0.2, 0) is 6.54 Å². The molecule has 0 aliphatic heterocycles. The van der Waals surface area contributed by atoms with Crippen LogP contribution in [0.5, 0.6) is 5.75 Å². The van der Waals surface area contributed by atoms with Crippen LogP contribution in [0.1, 0.15) is 11.1 Å². The number of amidine groups is 1. The van der Waals surface area contributed by atoms with Crippen LogP contribution in [0.4, 0.5) is 0 Å². The Hall–Kier alpha value is -2.37. The van der Waals surface area contributed by atoms with E-state index in [1.807, 2.05) is 12.1 Å². The Bertz CT molecular complexity index is 521. The topological polar surface area (TPSA) is 89.8 Å². The third kappa shape index (κ3) is 2.41. The van der Waals surface area contributed by atoms with Gasteiger partial charge in [-0.25, -0.2) is 9.67 Å². The first-order valence-electron chi connectivity index (χ1n) is 5.04. The minimum Gasteiger partial charge on any atom is -0.496 e. The Morgan fingerprint density at radius 2 is 2.35 bits per heavy atom. The number of nitrogens with zero attached hydrogens (tertiary/aromatic N) is 3. The molecule has 0 unspecified atom stereocenters. The van der Waals surface area contributed by atoms with Gasteiger partial charge in [-0.2, -0.15) is 5.10 Å². The molecular weight excluding hydrogens is 218 g/mol. The standard InChI is InChI=1S/C11H13N5O/c1-17-10-3-2-8(4-9(10)11(12)13)5-16-7-14-6-15-16/h2-4,6-7H,5H2,1H3,(H3,12,13). The number of hydrogen-bond acceptors (Lipinski definition) is 4. The van der Waals surface area contributed by atoms with Gasteiger partial charge in [0.15, 0.2) is 0 Å². The van der Waals surface area contributed by atoms with E-state index in [1.54, 1.807) is 24.2 Å². The highest BCUT2D eigenvalue weighted by molar-refractivity contribution is 5.97. The van der Waals surface area contributed by atoms with Crippen molar-refractivity contribution in [1.82, 2.24) is 14.8 Å². The molecule has 1 aromatic carbocycles. The predicted molar refractivity (Wildman–Crippen MR) is 63.1 cm³/mol. The Balaban J connectivity index is 2.30. The number of methoxy groups -OCH3 is 1. The molecule has 0 saturated heterocycles. The number of hydrogen-bond donors (Lipinski definition) is 2. The fraction of sp³-hybridized carbons (Fsp3) is 0.182. The SMILES string of the molecule is COc1ccc(Cn2cncn2)cc1C(=N)N. The summed E-state index contributed by atoms with van der Waals surface area (Å²) in [4.78, 5) is 3.87. The lowest BCUT2D eigenvalue weighted by Crippen LogP contribution is -2.13. The van der Waals surface area contributed by atoms with Crippen molar-refractivity contribution in [2.75, 3.05) is 7.11 Å². The molecule has 0 aliphatic rings. The van der Waals surface area contributed by atoms with Crippen LogP contribution in [0.2, 0.25) is 0 Å². The van der Waals surface area contributed by atoms with Gasteiger partial charge in [-0.1, -0.05) is 6.07 Å². The number of ether oxygens (including phenoxy) is 1. The first kappa shape index (κ1) is 11.1. The van der Waals surface area contributed by atoms with E-state index in [0.717, 1.165) is 5.56 Å². The van der Waals surface area contributed by atoms with Crippen LogP contribution in [0.25, 0.3) is 0 Å². The normalized spacial score (nSPS) is 10.2. The van der Waals surface area contributed by atoms with Crippen molar-refractivity contribution in [2.45, 2.75) is 6.54 Å². The van der Waals surface area contributed by atoms with Gasteiger partial charge in [-0.3, -0.25) is 5.41 Å². The Kier molecular flexibility index (Phi) is 3.04. The molecule has 0 saturated carbocycles. The van der Waals surface area contributed by atoms with E-state index in [0.29, 0.717) is 17.9 Å². The summed E-state index contributed by atoms with van der Waals surface area (Å²) in [6, 6.07) is 5.53. The molecule has 0 atom stereocenters. The average Bonchev–Trinajstić information content (AvgIpc) is 2.81. The maximum atomic E-state index is 7.49. The van der Waals surface area contributed by atoms with Crippen molar-refractivity contribution < 1.29 is 4.74 Å². The van der Waals surface area contributed by atoms with Crippen molar-refractivity contribution in [1.29, 1.82) is 5.41 Å². The van der Waals surface area contributed by atoms with Crippen LogP contribution in [-0.4, -0.2) is 27.7 Å². The minimum atomic E-state index is -0.0118. The molecule has 0 aliphatic carbocycles. The summed E-state index contributed by atoms with van der Waals surface area (Å²) in [5.74, 6) is 0.585. The molecule has 2 rings (SSSR count). The molecule has 1 heterocycles. The highest BCUT2D eigenvalue weighted by Gasteiger charge is 2.07. The van der Waals surface area contributed by atoms with E-state index in [9.17, 15) is 0 Å². The van der Waals surface area contributed by atoms with Crippen LogP contribution in [0.3, 0.4) is 0 Å². The molecule has 3 N–H and O–H groups in total. The average molecular weight is 231 g/mol. The Morgan fingerprint density at radius 3 is 2.94 bits per heavy atom. The molecule has 2 aromatic rings. The number of nitrogens with one attached hydrogen (secondary N) is 1. The Morgan fingerprint density at radius 1 is 1.53 bits per heavy atom. The lowest BCUT2D eigenvalue weighted by atomic mass is 10.1. The molecule has 0 amide bonds. The molecule has 1 aromatic heterocycles. The van der Waals surface area contributed by atoms with Crippen molar-refractivity contribution >= 4 is 5.84 Å². The first-order valence-corrected chi connectivity index (χ1v) is 5.04. The summed E-state index contributed by atoms with van der Waals surface area (Å²) in [6.45, 7) is 0.588. The molecule has 88 valence electrons. The lowest BCUT2D eigenvalue weighted by Gasteiger charge is -2.09. The summed E-state index contributed by atoms with van der Waals surface area (Å²) in [5.41, 5.74) is 7.08. The molecule has 0 fully saturated rings. The highest BCUT2D eigenvalue weighted by Crippen LogP contribution is 2.19. The van der Waals surface area contributed by atoms with Gasteiger partial charge in [-0.15, -0.1) is 0 Å². The van der Waals surface area contributed by atoms with Crippen molar-refractivity contribution in [2.24, 2.45) is 5.73 Å². The summed E-state index contributed by atoms with van der Waals surface area (Å²) in [7, 11) is 1.55. The third-order valence-electron chi connectivity index (χ3n) is 2.37. The molecule has 0 radical (unpaired) electrons. The fourth-order valence-electron chi connectivity index (χ4n) is 1.57. The quantitative estimate of drug-likeness (QED) is 0.596. The van der Waals surface area contributed by atoms with E-state index < -0.39 is 0 Å². The van der Waals surface area contributed by atoms with Gasteiger partial charge in [0, 0.05) is 0 Å². The zero-order valence-corrected chi connectivity index (χ0v) is 9.42. The van der Waals surface area contributed by atoms with Gasteiger partial charge in [0.05, 0.1) is 19.2 Å². The zero-order chi connectivity index (χ0) is 12.3. The second kappa shape index (κ2) is 4.65. The maximum absolute atomic E-state index is 7.49. The molecule has 0 bridgehead atoms. The monoisotopic (exact) mass is 231 g/mol. The molecular formula is C11H13N5O. The number of benzene rings is 1. The van der Waals surface area contributed by atoms with Gasteiger partial charge in [0.1, 0.15) is 24.2 Å². The van der Waals surface area contributed by atoms with Crippen LogP contribution in [0, 0.1) is 5.41 Å². The third-order valence-corrected chi connectivity index (χ3v) is 2.37. The van der Waals surface area contributed by atoms with E-state index in [4.69, 9.17) is 15.9 Å². The second-order valence-corrected chi connectivity index (χ2v) is 3.54. The molecule has 6 nitrogen and oxygen atoms in total. The summed E-state index contributed by atoms with van der Waals surface area (Å²) in [5, 5.41) is 11.5. The summed E-state index contributed by atoms with van der Waals surface area (Å²) >= 11 is 0. The predicted octanol–water partition coefficient (Wildman–Crippen LogP) is 0.619. The highest BCUT2D eigenvalue weighted by atomic mass is 16.5. The van der Waals surface area contributed by atoms with Crippen molar-refractivity contribution in [3.63, 3.8) is 0 Å². The number of rotatable bonds is 4. The zero-order valence-electron chi connectivity index (χ0n) is 9.42. The molecule has 6 heteroatoms. The van der Waals surface area contributed by atoms with Gasteiger partial charge < -0.3 is 10.5 Å².